The first kappa shape index (κ1) is 15.4. The second-order valence-corrected chi connectivity index (χ2v) is 5.71. The first-order valence-electron chi connectivity index (χ1n) is 7.55. The van der Waals surface area contributed by atoms with E-state index in [-0.39, 0.29) is 0 Å². The minimum absolute atomic E-state index is 0.418. The van der Waals surface area contributed by atoms with E-state index in [4.69, 9.17) is 4.98 Å². The fraction of sp³-hybridized carbons (Fsp3) is 0.471. The lowest BCUT2D eigenvalue weighted by Gasteiger charge is -2.29. The van der Waals surface area contributed by atoms with Crippen molar-refractivity contribution < 1.29 is 0 Å². The zero-order chi connectivity index (χ0) is 15.4. The summed E-state index contributed by atoms with van der Waals surface area (Å²) in [6.45, 7) is 8.78. The number of nitrogens with zero attached hydrogens (tertiary/aromatic N) is 4. The van der Waals surface area contributed by atoms with Crippen LogP contribution in [0.5, 0.6) is 0 Å². The minimum atomic E-state index is 0.418. The molecule has 2 aromatic heterocycles. The average molecular weight is 284 g/mol. The number of aromatic nitrogens is 3. The molecule has 1 atom stereocenters. The van der Waals surface area contributed by atoms with Crippen LogP contribution in [0.4, 0.5) is 5.82 Å². The van der Waals surface area contributed by atoms with E-state index >= 15 is 0 Å². The monoisotopic (exact) mass is 284 g/mol. The summed E-state index contributed by atoms with van der Waals surface area (Å²) in [6, 6.07) is 8.31. The van der Waals surface area contributed by atoms with Crippen molar-refractivity contribution in [3.05, 3.63) is 36.2 Å². The van der Waals surface area contributed by atoms with Crippen LogP contribution in [0.25, 0.3) is 11.5 Å². The van der Waals surface area contributed by atoms with Crippen molar-refractivity contribution in [3.63, 3.8) is 0 Å². The standard InChI is InChI=1S/C17H24N4/c1-6-14-11-16(21(5)13(4)12(2)3)20-17(19-14)15-9-7-8-10-18-15/h7-13H,6H2,1-5H3/t13-/m1/s1. The maximum atomic E-state index is 4.71. The number of aryl methyl sites for hydroxylation is 1. The Labute approximate surface area is 127 Å². The highest BCUT2D eigenvalue weighted by Crippen LogP contribution is 2.21. The Morgan fingerprint density at radius 1 is 1.14 bits per heavy atom. The molecule has 0 aromatic carbocycles. The summed E-state index contributed by atoms with van der Waals surface area (Å²) in [5, 5.41) is 0. The fourth-order valence-corrected chi connectivity index (χ4v) is 2.11. The molecular formula is C17H24N4. The number of anilines is 1. The first-order chi connectivity index (χ1) is 10.0. The molecule has 0 aliphatic heterocycles. The van der Waals surface area contributed by atoms with Gasteiger partial charge in [0.1, 0.15) is 11.5 Å². The van der Waals surface area contributed by atoms with E-state index in [0.29, 0.717) is 17.8 Å². The zero-order valence-corrected chi connectivity index (χ0v) is 13.5. The molecule has 0 radical (unpaired) electrons. The van der Waals surface area contributed by atoms with E-state index in [0.717, 1.165) is 23.6 Å². The van der Waals surface area contributed by atoms with Crippen molar-refractivity contribution in [2.45, 2.75) is 40.2 Å². The van der Waals surface area contributed by atoms with Gasteiger partial charge in [-0.15, -0.1) is 0 Å². The van der Waals surface area contributed by atoms with Crippen molar-refractivity contribution >= 4 is 5.82 Å². The Balaban J connectivity index is 2.43. The second kappa shape index (κ2) is 6.66. The van der Waals surface area contributed by atoms with Crippen LogP contribution >= 0.6 is 0 Å². The van der Waals surface area contributed by atoms with Crippen molar-refractivity contribution in [1.82, 2.24) is 15.0 Å². The third kappa shape index (κ3) is 3.57. The smallest absolute Gasteiger partial charge is 0.180 e. The summed E-state index contributed by atoms with van der Waals surface area (Å²) in [5.41, 5.74) is 1.86. The van der Waals surface area contributed by atoms with Gasteiger partial charge in [-0.2, -0.15) is 0 Å². The number of pyridine rings is 1. The Morgan fingerprint density at radius 2 is 1.90 bits per heavy atom. The average Bonchev–Trinajstić information content (AvgIpc) is 2.53. The predicted molar refractivity (Wildman–Crippen MR) is 87.3 cm³/mol. The third-order valence-electron chi connectivity index (χ3n) is 3.96. The van der Waals surface area contributed by atoms with Gasteiger partial charge in [-0.1, -0.05) is 26.8 Å². The molecular weight excluding hydrogens is 260 g/mol. The quantitative estimate of drug-likeness (QED) is 0.841. The van der Waals surface area contributed by atoms with Crippen LogP contribution in [-0.4, -0.2) is 28.0 Å². The van der Waals surface area contributed by atoms with Gasteiger partial charge in [0.15, 0.2) is 5.82 Å². The normalized spacial score (nSPS) is 12.5. The Kier molecular flexibility index (Phi) is 4.89. The third-order valence-corrected chi connectivity index (χ3v) is 3.96. The lowest BCUT2D eigenvalue weighted by atomic mass is 10.1. The van der Waals surface area contributed by atoms with Gasteiger partial charge < -0.3 is 4.90 Å². The van der Waals surface area contributed by atoms with Crippen molar-refractivity contribution in [2.24, 2.45) is 5.92 Å². The Morgan fingerprint density at radius 3 is 2.48 bits per heavy atom. The van der Waals surface area contributed by atoms with Crippen LogP contribution in [0.3, 0.4) is 0 Å². The predicted octanol–water partition coefficient (Wildman–Crippen LogP) is 3.58. The molecule has 0 fully saturated rings. The van der Waals surface area contributed by atoms with E-state index in [1.807, 2.05) is 18.2 Å². The van der Waals surface area contributed by atoms with Crippen molar-refractivity contribution in [2.75, 3.05) is 11.9 Å². The van der Waals surface area contributed by atoms with Gasteiger partial charge in [0.2, 0.25) is 0 Å². The molecule has 0 amide bonds. The van der Waals surface area contributed by atoms with Gasteiger partial charge in [0, 0.05) is 31.0 Å². The summed E-state index contributed by atoms with van der Waals surface area (Å²) >= 11 is 0. The first-order valence-corrected chi connectivity index (χ1v) is 7.55. The van der Waals surface area contributed by atoms with E-state index in [1.165, 1.54) is 0 Å². The van der Waals surface area contributed by atoms with Crippen LogP contribution in [0.1, 0.15) is 33.4 Å². The molecule has 112 valence electrons. The van der Waals surface area contributed by atoms with Crippen LogP contribution in [0, 0.1) is 5.92 Å². The molecule has 0 bridgehead atoms. The van der Waals surface area contributed by atoms with Crippen LogP contribution in [0.15, 0.2) is 30.5 Å². The number of hydrogen-bond acceptors (Lipinski definition) is 4. The Hall–Kier alpha value is -1.97. The minimum Gasteiger partial charge on any atom is -0.357 e. The largest absolute Gasteiger partial charge is 0.357 e. The van der Waals surface area contributed by atoms with Crippen LogP contribution in [0.2, 0.25) is 0 Å². The molecule has 2 aromatic rings. The molecule has 0 saturated carbocycles. The number of hydrogen-bond donors (Lipinski definition) is 0. The van der Waals surface area contributed by atoms with E-state index in [2.05, 4.69) is 55.7 Å². The molecule has 0 saturated heterocycles. The lowest BCUT2D eigenvalue weighted by molar-refractivity contribution is 0.502. The lowest BCUT2D eigenvalue weighted by Crippen LogP contribution is -2.34. The van der Waals surface area contributed by atoms with Gasteiger partial charge in [-0.3, -0.25) is 4.98 Å². The second-order valence-electron chi connectivity index (χ2n) is 5.71. The molecule has 4 nitrogen and oxygen atoms in total. The fourth-order valence-electron chi connectivity index (χ4n) is 2.11. The van der Waals surface area contributed by atoms with Gasteiger partial charge in [-0.05, 0) is 31.4 Å². The van der Waals surface area contributed by atoms with Crippen LogP contribution in [-0.2, 0) is 6.42 Å². The maximum absolute atomic E-state index is 4.71. The molecule has 0 aliphatic rings. The summed E-state index contributed by atoms with van der Waals surface area (Å²) < 4.78 is 0. The molecule has 0 N–H and O–H groups in total. The summed E-state index contributed by atoms with van der Waals surface area (Å²) in [6.07, 6.45) is 2.66. The van der Waals surface area contributed by atoms with E-state index < -0.39 is 0 Å². The van der Waals surface area contributed by atoms with Crippen molar-refractivity contribution in [3.8, 4) is 11.5 Å². The highest BCUT2D eigenvalue weighted by Gasteiger charge is 2.17. The van der Waals surface area contributed by atoms with E-state index in [1.54, 1.807) is 6.20 Å². The highest BCUT2D eigenvalue weighted by molar-refractivity contribution is 5.53. The number of rotatable bonds is 5. The highest BCUT2D eigenvalue weighted by atomic mass is 15.2. The van der Waals surface area contributed by atoms with E-state index in [9.17, 15) is 0 Å². The summed E-state index contributed by atoms with van der Waals surface area (Å²) in [7, 11) is 2.09. The van der Waals surface area contributed by atoms with Crippen LogP contribution < -0.4 is 4.90 Å². The molecule has 2 heterocycles. The molecule has 21 heavy (non-hydrogen) atoms. The zero-order valence-electron chi connectivity index (χ0n) is 13.5. The van der Waals surface area contributed by atoms with Gasteiger partial charge in [0.25, 0.3) is 0 Å². The molecule has 0 aliphatic carbocycles. The topological polar surface area (TPSA) is 41.9 Å². The molecule has 0 spiro atoms. The molecule has 4 heteroatoms. The molecule has 0 unspecified atom stereocenters. The molecule has 2 rings (SSSR count). The summed E-state index contributed by atoms with van der Waals surface area (Å²) in [4.78, 5) is 15.9. The van der Waals surface area contributed by atoms with Gasteiger partial charge in [0.05, 0.1) is 0 Å². The SMILES string of the molecule is CCc1cc(N(C)[C@H](C)C(C)C)nc(-c2ccccn2)n1. The Bertz CT molecular complexity index is 581. The van der Waals surface area contributed by atoms with Gasteiger partial charge in [-0.25, -0.2) is 9.97 Å². The van der Waals surface area contributed by atoms with Gasteiger partial charge >= 0.3 is 0 Å². The summed E-state index contributed by atoms with van der Waals surface area (Å²) in [5.74, 6) is 2.23. The van der Waals surface area contributed by atoms with Crippen molar-refractivity contribution in [1.29, 1.82) is 0 Å². The maximum Gasteiger partial charge on any atom is 0.180 e.